The van der Waals surface area contributed by atoms with E-state index in [9.17, 15) is 29.7 Å². The average Bonchev–Trinajstić information content (AvgIpc) is 2.97. The lowest BCUT2D eigenvalue weighted by Crippen LogP contribution is -2.22. The number of benzene rings is 3. The molecule has 7 heteroatoms. The fourth-order valence-corrected chi connectivity index (χ4v) is 4.23. The SMILES string of the molecule is CC1(C(=O)O)C=CC(C(=O)O)=C(c2c3ccc(O)cc3oc3c2ccc2cc(=O)ccc23)C=C1. The van der Waals surface area contributed by atoms with Crippen molar-refractivity contribution in [3.63, 3.8) is 0 Å². The van der Waals surface area contributed by atoms with E-state index in [1.54, 1.807) is 24.3 Å². The summed E-state index contributed by atoms with van der Waals surface area (Å²) in [5, 5.41) is 32.2. The lowest BCUT2D eigenvalue weighted by Gasteiger charge is -2.16. The van der Waals surface area contributed by atoms with E-state index in [0.29, 0.717) is 43.8 Å². The van der Waals surface area contributed by atoms with Crippen LogP contribution in [0.4, 0.5) is 0 Å². The van der Waals surface area contributed by atoms with Gasteiger partial charge in [-0.05, 0) is 60.4 Å². The zero-order chi connectivity index (χ0) is 24.2. The number of carboxylic acid groups (broad SMARTS) is 2. The molecule has 3 aromatic carbocycles. The Morgan fingerprint density at radius 1 is 0.882 bits per heavy atom. The van der Waals surface area contributed by atoms with E-state index in [-0.39, 0.29) is 16.8 Å². The monoisotopic (exact) mass is 454 g/mol. The number of phenolic OH excluding ortho intramolecular Hbond substituents is 1. The summed E-state index contributed by atoms with van der Waals surface area (Å²) in [6.45, 7) is 1.48. The zero-order valence-corrected chi connectivity index (χ0v) is 17.9. The maximum Gasteiger partial charge on any atom is 0.336 e. The van der Waals surface area contributed by atoms with Crippen LogP contribution in [0.3, 0.4) is 0 Å². The second-order valence-electron chi connectivity index (χ2n) is 8.37. The van der Waals surface area contributed by atoms with Crippen molar-refractivity contribution in [2.75, 3.05) is 0 Å². The van der Waals surface area contributed by atoms with Crippen LogP contribution in [-0.4, -0.2) is 27.3 Å². The number of allylic oxidation sites excluding steroid dienone is 2. The highest BCUT2D eigenvalue weighted by atomic mass is 16.4. The number of hydrogen-bond donors (Lipinski definition) is 3. The summed E-state index contributed by atoms with van der Waals surface area (Å²) in [5.41, 5.74) is -0.124. The topological polar surface area (TPSA) is 125 Å². The third-order valence-electron chi connectivity index (χ3n) is 6.10. The van der Waals surface area contributed by atoms with Crippen LogP contribution >= 0.6 is 0 Å². The van der Waals surface area contributed by atoms with Gasteiger partial charge in [0.1, 0.15) is 22.3 Å². The predicted octanol–water partition coefficient (Wildman–Crippen LogP) is 4.86. The normalized spacial score (nSPS) is 18.0. The Labute approximate surface area is 192 Å². The highest BCUT2D eigenvalue weighted by molar-refractivity contribution is 6.16. The van der Waals surface area contributed by atoms with Crippen LogP contribution in [0, 0.1) is 5.41 Å². The number of rotatable bonds is 3. The van der Waals surface area contributed by atoms with E-state index >= 15 is 0 Å². The average molecular weight is 454 g/mol. The number of aromatic hydroxyl groups is 1. The van der Waals surface area contributed by atoms with Gasteiger partial charge in [0.15, 0.2) is 5.43 Å². The minimum Gasteiger partial charge on any atom is -0.508 e. The van der Waals surface area contributed by atoms with Crippen molar-refractivity contribution in [2.45, 2.75) is 6.92 Å². The van der Waals surface area contributed by atoms with Crippen molar-refractivity contribution in [2.24, 2.45) is 5.41 Å². The van der Waals surface area contributed by atoms with Gasteiger partial charge in [0.2, 0.25) is 0 Å². The Bertz CT molecular complexity index is 1700. The van der Waals surface area contributed by atoms with Crippen molar-refractivity contribution >= 4 is 50.2 Å². The number of fused-ring (bicyclic) bond motifs is 4. The Hall–Kier alpha value is -4.65. The van der Waals surface area contributed by atoms with Gasteiger partial charge in [-0.2, -0.15) is 0 Å². The molecule has 0 fully saturated rings. The van der Waals surface area contributed by atoms with Crippen LogP contribution < -0.4 is 5.43 Å². The minimum atomic E-state index is -1.40. The quantitative estimate of drug-likeness (QED) is 0.298. The summed E-state index contributed by atoms with van der Waals surface area (Å²) in [6.07, 6.45) is 5.60. The second-order valence-corrected chi connectivity index (χ2v) is 8.37. The zero-order valence-electron chi connectivity index (χ0n) is 17.9. The van der Waals surface area contributed by atoms with Crippen molar-refractivity contribution in [3.8, 4) is 5.75 Å². The van der Waals surface area contributed by atoms with Crippen molar-refractivity contribution in [1.29, 1.82) is 0 Å². The first-order valence-electron chi connectivity index (χ1n) is 10.4. The summed E-state index contributed by atoms with van der Waals surface area (Å²) in [5.74, 6) is -2.37. The van der Waals surface area contributed by atoms with E-state index in [1.165, 1.54) is 55.5 Å². The molecule has 0 bridgehead atoms. The van der Waals surface area contributed by atoms with Crippen LogP contribution in [-0.2, 0) is 9.59 Å². The molecule has 0 radical (unpaired) electrons. The molecule has 1 aliphatic carbocycles. The van der Waals surface area contributed by atoms with Gasteiger partial charge in [-0.3, -0.25) is 9.59 Å². The Balaban J connectivity index is 1.97. The van der Waals surface area contributed by atoms with Gasteiger partial charge in [0.05, 0.1) is 5.57 Å². The first-order valence-corrected chi connectivity index (χ1v) is 10.4. The standard InChI is InChI=1S/C27H18O7/c1-27(26(32)33)10-8-18(19(9-11-27)25(30)31)23-20-7-4-16(29)13-22(20)34-24-17-6-3-15(28)12-14(17)2-5-21(23)24/h2-13,29H,1H3,(H,30,31)(H,32,33). The van der Waals surface area contributed by atoms with Gasteiger partial charge in [-0.15, -0.1) is 0 Å². The molecule has 1 aliphatic rings. The number of phenols is 1. The van der Waals surface area contributed by atoms with Gasteiger partial charge in [-0.1, -0.05) is 24.3 Å². The molecule has 0 amide bonds. The molecule has 7 nitrogen and oxygen atoms in total. The molecule has 1 unspecified atom stereocenters. The van der Waals surface area contributed by atoms with Gasteiger partial charge in [-0.25, -0.2) is 4.79 Å². The molecular formula is C27H18O7. The number of carbonyl (C=O) groups is 2. The third kappa shape index (κ3) is 3.26. The van der Waals surface area contributed by atoms with Crippen LogP contribution in [0.2, 0.25) is 0 Å². The molecule has 1 heterocycles. The highest BCUT2D eigenvalue weighted by Crippen LogP contribution is 2.41. The summed E-state index contributed by atoms with van der Waals surface area (Å²) < 4.78 is 6.15. The number of aliphatic carboxylic acids is 2. The molecule has 1 atom stereocenters. The van der Waals surface area contributed by atoms with Gasteiger partial charge >= 0.3 is 11.9 Å². The summed E-state index contributed by atoms with van der Waals surface area (Å²) >= 11 is 0. The van der Waals surface area contributed by atoms with E-state index in [0.717, 1.165) is 0 Å². The maximum absolute atomic E-state index is 12.3. The Morgan fingerprint density at radius 2 is 1.59 bits per heavy atom. The van der Waals surface area contributed by atoms with Gasteiger partial charge < -0.3 is 19.7 Å². The van der Waals surface area contributed by atoms with Gasteiger partial charge in [0, 0.05) is 27.8 Å². The van der Waals surface area contributed by atoms with Crippen LogP contribution in [0.15, 0.2) is 87.6 Å². The summed E-state index contributed by atoms with van der Waals surface area (Å²) in [7, 11) is 0. The van der Waals surface area contributed by atoms with Crippen LogP contribution in [0.5, 0.6) is 5.75 Å². The predicted molar refractivity (Wildman–Crippen MR) is 128 cm³/mol. The van der Waals surface area contributed by atoms with E-state index in [2.05, 4.69) is 0 Å². The third-order valence-corrected chi connectivity index (χ3v) is 6.10. The Kier molecular flexibility index (Phi) is 4.65. The van der Waals surface area contributed by atoms with Crippen molar-refractivity contribution in [3.05, 3.63) is 94.2 Å². The van der Waals surface area contributed by atoms with E-state index in [1.807, 2.05) is 0 Å². The molecule has 34 heavy (non-hydrogen) atoms. The molecule has 0 saturated carbocycles. The number of hydrogen-bond acceptors (Lipinski definition) is 5. The molecule has 1 aromatic heterocycles. The Morgan fingerprint density at radius 3 is 2.32 bits per heavy atom. The van der Waals surface area contributed by atoms with Gasteiger partial charge in [0.25, 0.3) is 0 Å². The van der Waals surface area contributed by atoms with Crippen LogP contribution in [0.1, 0.15) is 12.5 Å². The molecule has 4 aromatic rings. The molecule has 0 saturated heterocycles. The van der Waals surface area contributed by atoms with E-state index < -0.39 is 17.4 Å². The number of carboxylic acids is 2. The molecule has 168 valence electrons. The summed E-state index contributed by atoms with van der Waals surface area (Å²) in [4.78, 5) is 36.0. The smallest absolute Gasteiger partial charge is 0.336 e. The second kappa shape index (κ2) is 7.45. The molecule has 0 aliphatic heterocycles. The fourth-order valence-electron chi connectivity index (χ4n) is 4.23. The lowest BCUT2D eigenvalue weighted by molar-refractivity contribution is -0.143. The lowest BCUT2D eigenvalue weighted by atomic mass is 9.89. The van der Waals surface area contributed by atoms with Crippen molar-refractivity contribution < 1.29 is 29.3 Å². The van der Waals surface area contributed by atoms with Crippen molar-refractivity contribution in [1.82, 2.24) is 0 Å². The fraction of sp³-hybridized carbons (Fsp3) is 0.0741. The maximum atomic E-state index is 12.3. The highest BCUT2D eigenvalue weighted by Gasteiger charge is 2.30. The molecule has 5 rings (SSSR count). The van der Waals surface area contributed by atoms with E-state index in [4.69, 9.17) is 4.42 Å². The summed E-state index contributed by atoms with van der Waals surface area (Å²) in [6, 6.07) is 12.5. The molecule has 0 spiro atoms. The molecule has 3 N–H and O–H groups in total. The van der Waals surface area contributed by atoms with Crippen LogP contribution in [0.25, 0.3) is 38.3 Å². The minimum absolute atomic E-state index is 0.0363. The first-order chi connectivity index (χ1) is 16.2. The first kappa shape index (κ1) is 21.2. The largest absolute Gasteiger partial charge is 0.508 e. The molecular weight excluding hydrogens is 436 g/mol.